The summed E-state index contributed by atoms with van der Waals surface area (Å²) in [4.78, 5) is 29.8. The number of hydrogen-bond donors (Lipinski definition) is 3. The number of carbonyl (C=O) groups excluding carboxylic acids is 1. The second-order valence-electron chi connectivity index (χ2n) is 13.3. The summed E-state index contributed by atoms with van der Waals surface area (Å²) >= 11 is 1.74. The maximum atomic E-state index is 12.1. The lowest BCUT2D eigenvalue weighted by Crippen LogP contribution is -2.38. The van der Waals surface area contributed by atoms with E-state index in [4.69, 9.17) is 25.0 Å². The highest BCUT2D eigenvalue weighted by Crippen LogP contribution is 2.45. The number of amides is 1. The van der Waals surface area contributed by atoms with Gasteiger partial charge in [-0.15, -0.1) is 11.3 Å². The van der Waals surface area contributed by atoms with Crippen LogP contribution >= 0.6 is 11.3 Å². The molecule has 5 rings (SSSR count). The number of rotatable bonds is 15. The molecule has 4 heterocycles. The number of thiophene rings is 1. The molecule has 12 nitrogen and oxygen atoms in total. The highest BCUT2D eigenvalue weighted by atomic mass is 32.1. The molecule has 3 aromatic heterocycles. The minimum atomic E-state index is -0.149. The summed E-state index contributed by atoms with van der Waals surface area (Å²) in [5.41, 5.74) is 10.0. The molecule has 2 aliphatic rings. The summed E-state index contributed by atoms with van der Waals surface area (Å²) in [6, 6.07) is 4.51. The zero-order chi connectivity index (χ0) is 34.9. The molecule has 0 radical (unpaired) electrons. The van der Waals surface area contributed by atoms with E-state index in [9.17, 15) is 10.1 Å². The van der Waals surface area contributed by atoms with E-state index in [0.717, 1.165) is 80.6 Å². The molecule has 1 aliphatic carbocycles. The lowest BCUT2D eigenvalue weighted by atomic mass is 9.82. The van der Waals surface area contributed by atoms with Gasteiger partial charge in [0.25, 0.3) is 0 Å². The van der Waals surface area contributed by atoms with Gasteiger partial charge in [0.15, 0.2) is 17.3 Å². The van der Waals surface area contributed by atoms with Crippen molar-refractivity contribution < 1.29 is 14.1 Å². The fourth-order valence-electron chi connectivity index (χ4n) is 6.87. The van der Waals surface area contributed by atoms with Crippen LogP contribution in [0.5, 0.6) is 5.88 Å². The number of fused-ring (bicyclic) bond motifs is 1. The minimum absolute atomic E-state index is 0.0356. The van der Waals surface area contributed by atoms with E-state index in [1.165, 1.54) is 16.7 Å². The molecular formula is C36H49N9O3S. The van der Waals surface area contributed by atoms with Crippen LogP contribution in [0.4, 0.5) is 10.8 Å². The van der Waals surface area contributed by atoms with E-state index in [2.05, 4.69) is 52.6 Å². The normalized spacial score (nSPS) is 18.8. The number of aryl methyl sites for hydroxylation is 2. The van der Waals surface area contributed by atoms with Crippen LogP contribution in [0, 0.1) is 11.3 Å². The molecule has 0 saturated carbocycles. The molecule has 1 fully saturated rings. The van der Waals surface area contributed by atoms with Gasteiger partial charge in [-0.05, 0) is 110 Å². The van der Waals surface area contributed by atoms with Gasteiger partial charge in [-0.1, -0.05) is 5.16 Å². The van der Waals surface area contributed by atoms with Crippen LogP contribution < -0.4 is 21.1 Å². The molecule has 1 unspecified atom stereocenters. The highest BCUT2D eigenvalue weighted by Gasteiger charge is 2.30. The monoisotopic (exact) mass is 687 g/mol. The molecule has 49 heavy (non-hydrogen) atoms. The van der Waals surface area contributed by atoms with Gasteiger partial charge in [-0.3, -0.25) is 9.69 Å². The summed E-state index contributed by atoms with van der Waals surface area (Å²) in [5, 5.41) is 21.5. The minimum Gasteiger partial charge on any atom is -0.473 e. The molecule has 0 bridgehead atoms. The summed E-state index contributed by atoms with van der Waals surface area (Å²) < 4.78 is 11.9. The third-order valence-electron chi connectivity index (χ3n) is 9.11. The van der Waals surface area contributed by atoms with E-state index >= 15 is 0 Å². The van der Waals surface area contributed by atoms with Crippen LogP contribution in [0.3, 0.4) is 0 Å². The lowest BCUT2D eigenvalue weighted by molar-refractivity contribution is -0.120. The quantitative estimate of drug-likeness (QED) is 0.155. The number of nitrogens with one attached hydrogen (secondary N) is 2. The lowest BCUT2D eigenvalue weighted by Gasteiger charge is -2.26. The van der Waals surface area contributed by atoms with Crippen molar-refractivity contribution in [2.24, 2.45) is 10.7 Å². The summed E-state index contributed by atoms with van der Waals surface area (Å²) in [6.07, 6.45) is 12.8. The Bertz CT molecular complexity index is 1690. The number of anilines is 1. The van der Waals surface area contributed by atoms with Gasteiger partial charge in [0, 0.05) is 47.0 Å². The molecular weight excluding hydrogens is 639 g/mol. The second kappa shape index (κ2) is 16.9. The van der Waals surface area contributed by atoms with Gasteiger partial charge in [0.05, 0.1) is 12.0 Å². The Balaban J connectivity index is 1.34. The van der Waals surface area contributed by atoms with E-state index in [1.54, 1.807) is 29.7 Å². The average molecular weight is 688 g/mol. The van der Waals surface area contributed by atoms with Crippen LogP contribution in [0.25, 0.3) is 11.5 Å². The zero-order valence-corrected chi connectivity index (χ0v) is 30.1. The van der Waals surface area contributed by atoms with Crippen LogP contribution in [0.1, 0.15) is 100 Å². The predicted molar refractivity (Wildman–Crippen MR) is 193 cm³/mol. The second-order valence-corrected chi connectivity index (χ2v) is 14.4. The SMILES string of the molecule is CCNc1sc2c(c1C#N)[C@H](CCCc1conc1-c1nc(/N=C/C=C(\N)CC(=O)NC(C)C)cc(O[C@@H](C)C3CCCN3C)n1)CCC2. The first-order valence-electron chi connectivity index (χ1n) is 17.4. The number of nitrogens with two attached hydrogens (primary N) is 1. The largest absolute Gasteiger partial charge is 0.473 e. The van der Waals surface area contributed by atoms with Gasteiger partial charge in [0.2, 0.25) is 11.8 Å². The summed E-state index contributed by atoms with van der Waals surface area (Å²) in [6.45, 7) is 9.77. The highest BCUT2D eigenvalue weighted by molar-refractivity contribution is 7.16. The number of nitrogens with zero attached hydrogens (tertiary/aromatic N) is 6. The first-order chi connectivity index (χ1) is 23.7. The van der Waals surface area contributed by atoms with E-state index in [0.29, 0.717) is 34.8 Å². The first kappa shape index (κ1) is 36.0. The fraction of sp³-hybridized carbons (Fsp3) is 0.556. The number of nitriles is 1. The maximum absolute atomic E-state index is 12.1. The van der Waals surface area contributed by atoms with Crippen molar-refractivity contribution in [3.05, 3.63) is 45.7 Å². The zero-order valence-electron chi connectivity index (χ0n) is 29.3. The van der Waals surface area contributed by atoms with Crippen molar-refractivity contribution in [3.63, 3.8) is 0 Å². The van der Waals surface area contributed by atoms with E-state index < -0.39 is 0 Å². The van der Waals surface area contributed by atoms with Crippen molar-refractivity contribution in [3.8, 4) is 23.5 Å². The molecule has 1 saturated heterocycles. The Labute approximate surface area is 293 Å². The Hall–Kier alpha value is -4.28. The van der Waals surface area contributed by atoms with Gasteiger partial charge in [-0.2, -0.15) is 10.2 Å². The smallest absolute Gasteiger partial charge is 0.226 e. The third kappa shape index (κ3) is 9.25. The molecule has 0 spiro atoms. The number of allylic oxidation sites excluding steroid dienone is 1. The fourth-order valence-corrected chi connectivity index (χ4v) is 8.22. The number of aliphatic imine (C=N–C) groups is 1. The van der Waals surface area contributed by atoms with Gasteiger partial charge in [-0.25, -0.2) is 9.98 Å². The van der Waals surface area contributed by atoms with E-state index in [-0.39, 0.29) is 30.5 Å². The van der Waals surface area contributed by atoms with Crippen LogP contribution in [-0.2, 0) is 17.6 Å². The molecule has 1 amide bonds. The number of ether oxygens (including phenoxy) is 1. The van der Waals surface area contributed by atoms with Gasteiger partial charge < -0.3 is 25.6 Å². The number of hydrogen-bond acceptors (Lipinski definition) is 12. The molecule has 262 valence electrons. The van der Waals surface area contributed by atoms with E-state index in [1.807, 2.05) is 13.8 Å². The Kier molecular flexibility index (Phi) is 12.4. The molecule has 0 aromatic carbocycles. The Morgan fingerprint density at radius 3 is 2.88 bits per heavy atom. The number of carbonyl (C=O) groups is 1. The maximum Gasteiger partial charge on any atom is 0.226 e. The molecule has 4 N–H and O–H groups in total. The molecule has 13 heteroatoms. The molecule has 3 atom stereocenters. The van der Waals surface area contributed by atoms with Crippen LogP contribution in [-0.4, -0.2) is 70.5 Å². The van der Waals surface area contributed by atoms with Crippen molar-refractivity contribution >= 4 is 34.3 Å². The molecule has 3 aromatic rings. The summed E-state index contributed by atoms with van der Waals surface area (Å²) in [5.74, 6) is 1.36. The number of likely N-dealkylation sites (N-methyl/N-ethyl adjacent to an activating group) is 1. The summed E-state index contributed by atoms with van der Waals surface area (Å²) in [7, 11) is 2.12. The van der Waals surface area contributed by atoms with Gasteiger partial charge in [0.1, 0.15) is 23.4 Å². The van der Waals surface area contributed by atoms with Crippen molar-refractivity contribution in [1.82, 2.24) is 25.3 Å². The van der Waals surface area contributed by atoms with Crippen molar-refractivity contribution in [2.75, 3.05) is 25.5 Å². The Morgan fingerprint density at radius 1 is 1.31 bits per heavy atom. The average Bonchev–Trinajstić information content (AvgIpc) is 3.79. The third-order valence-corrected chi connectivity index (χ3v) is 10.3. The number of aromatic nitrogens is 3. The topological polar surface area (TPSA) is 168 Å². The van der Waals surface area contributed by atoms with Gasteiger partial charge >= 0.3 is 0 Å². The van der Waals surface area contributed by atoms with Crippen molar-refractivity contribution in [2.45, 2.75) is 110 Å². The number of likely N-dealkylation sites (tertiary alicyclic amines) is 1. The van der Waals surface area contributed by atoms with Crippen molar-refractivity contribution in [1.29, 1.82) is 5.26 Å². The van der Waals surface area contributed by atoms with Crippen LogP contribution in [0.2, 0.25) is 0 Å². The first-order valence-corrected chi connectivity index (χ1v) is 18.3. The Morgan fingerprint density at radius 2 is 2.14 bits per heavy atom. The van der Waals surface area contributed by atoms with Crippen LogP contribution in [0.15, 0.2) is 33.6 Å². The predicted octanol–water partition coefficient (Wildman–Crippen LogP) is 6.26. The standard InChI is InChI=1S/C36H49N9O3S/c1-6-39-36-27(20-37)33-24(11-8-14-29(33)49-36)10-7-12-25-21-47-44-34(25)35-42-30(40-16-15-26(38)18-31(46)41-22(2)3)19-32(43-35)48-23(4)28-13-9-17-45(28)5/h15-16,19,21-24,28,39H,6-14,17-18,38H2,1-5H3,(H,41,46)/b26-15-,40-16+/t23-,24+,28?/m0/s1. The molecule has 1 aliphatic heterocycles.